The highest BCUT2D eigenvalue weighted by atomic mass is 32.2. The molecule has 0 aliphatic carbocycles. The summed E-state index contributed by atoms with van der Waals surface area (Å²) in [5, 5.41) is 0. The molecular formula is C19H28S4. The van der Waals surface area contributed by atoms with Crippen molar-refractivity contribution in [3.63, 3.8) is 0 Å². The maximum absolute atomic E-state index is 2.45. The standard InChI is InChI=1S/C19H28S4/c1-5-20-18(21-6-2)14-17(16-12-10-9-11-13-16)15-19(22-7-3)23-8-4/h9-15,17H,5-8H2,1-4H3. The molecule has 0 heterocycles. The first kappa shape index (κ1) is 21.1. The molecule has 0 nitrogen and oxygen atoms in total. The fourth-order valence-electron chi connectivity index (χ4n) is 2.05. The molecule has 1 rings (SSSR count). The summed E-state index contributed by atoms with van der Waals surface area (Å²) in [6.07, 6.45) is 4.90. The second-order valence-corrected chi connectivity index (χ2v) is 10.4. The Kier molecular flexibility index (Phi) is 12.3. The molecule has 0 amide bonds. The van der Waals surface area contributed by atoms with Crippen LogP contribution in [-0.4, -0.2) is 23.0 Å². The molecule has 0 spiro atoms. The van der Waals surface area contributed by atoms with Gasteiger partial charge in [0.15, 0.2) is 0 Å². The third-order valence-electron chi connectivity index (χ3n) is 2.96. The number of allylic oxidation sites excluding steroid dienone is 2. The van der Waals surface area contributed by atoms with E-state index in [9.17, 15) is 0 Å². The van der Waals surface area contributed by atoms with Gasteiger partial charge in [-0.15, -0.1) is 47.0 Å². The molecular weight excluding hydrogens is 356 g/mol. The lowest BCUT2D eigenvalue weighted by Crippen LogP contribution is -1.94. The number of thioether (sulfide) groups is 4. The van der Waals surface area contributed by atoms with Crippen LogP contribution in [0.4, 0.5) is 0 Å². The molecule has 0 radical (unpaired) electrons. The molecule has 0 bridgehead atoms. The predicted molar refractivity (Wildman–Crippen MR) is 118 cm³/mol. The Balaban J connectivity index is 3.15. The van der Waals surface area contributed by atoms with E-state index in [0.29, 0.717) is 5.92 Å². The topological polar surface area (TPSA) is 0 Å². The zero-order chi connectivity index (χ0) is 16.9. The molecule has 0 aromatic heterocycles. The van der Waals surface area contributed by atoms with Crippen LogP contribution in [0.2, 0.25) is 0 Å². The molecule has 0 saturated carbocycles. The lowest BCUT2D eigenvalue weighted by Gasteiger charge is -2.14. The first-order valence-electron chi connectivity index (χ1n) is 8.24. The first-order valence-corrected chi connectivity index (χ1v) is 12.2. The summed E-state index contributed by atoms with van der Waals surface area (Å²) >= 11 is 7.84. The van der Waals surface area contributed by atoms with Crippen LogP contribution in [0.1, 0.15) is 39.2 Å². The smallest absolute Gasteiger partial charge is 0.0369 e. The highest BCUT2D eigenvalue weighted by Crippen LogP contribution is 2.36. The molecule has 0 N–H and O–H groups in total. The van der Waals surface area contributed by atoms with Crippen LogP contribution < -0.4 is 0 Å². The number of rotatable bonds is 11. The van der Waals surface area contributed by atoms with Gasteiger partial charge in [-0.25, -0.2) is 0 Å². The van der Waals surface area contributed by atoms with Gasteiger partial charge in [-0.3, -0.25) is 0 Å². The molecule has 0 fully saturated rings. The summed E-state index contributed by atoms with van der Waals surface area (Å²) in [6.45, 7) is 8.92. The fraction of sp³-hybridized carbons (Fsp3) is 0.474. The molecule has 1 aromatic rings. The Labute approximate surface area is 159 Å². The van der Waals surface area contributed by atoms with Gasteiger partial charge >= 0.3 is 0 Å². The van der Waals surface area contributed by atoms with Crippen molar-refractivity contribution in [3.05, 3.63) is 56.5 Å². The molecule has 128 valence electrons. The van der Waals surface area contributed by atoms with E-state index >= 15 is 0 Å². The van der Waals surface area contributed by atoms with Crippen molar-refractivity contribution in [3.8, 4) is 0 Å². The van der Waals surface area contributed by atoms with E-state index in [1.807, 2.05) is 47.0 Å². The minimum atomic E-state index is 0.359. The van der Waals surface area contributed by atoms with Gasteiger partial charge in [0.05, 0.1) is 0 Å². The highest BCUT2D eigenvalue weighted by Gasteiger charge is 2.10. The minimum Gasteiger partial charge on any atom is -0.120 e. The second-order valence-electron chi connectivity index (χ2n) is 4.64. The molecule has 1 aromatic carbocycles. The maximum atomic E-state index is 2.45. The lowest BCUT2D eigenvalue weighted by molar-refractivity contribution is 1.08. The van der Waals surface area contributed by atoms with Crippen LogP contribution in [0.15, 0.2) is 51.0 Å². The van der Waals surface area contributed by atoms with Gasteiger partial charge in [0.1, 0.15) is 0 Å². The van der Waals surface area contributed by atoms with Crippen molar-refractivity contribution in [1.82, 2.24) is 0 Å². The van der Waals surface area contributed by atoms with Gasteiger partial charge in [-0.05, 0) is 28.6 Å². The maximum Gasteiger partial charge on any atom is 0.0369 e. The molecule has 0 aliphatic rings. The number of hydrogen-bond donors (Lipinski definition) is 0. The van der Waals surface area contributed by atoms with Crippen molar-refractivity contribution in [1.29, 1.82) is 0 Å². The average molecular weight is 385 g/mol. The highest BCUT2D eigenvalue weighted by molar-refractivity contribution is 8.22. The van der Waals surface area contributed by atoms with Crippen molar-refractivity contribution in [2.45, 2.75) is 33.6 Å². The van der Waals surface area contributed by atoms with E-state index in [0.717, 1.165) is 23.0 Å². The van der Waals surface area contributed by atoms with E-state index in [4.69, 9.17) is 0 Å². The summed E-state index contributed by atoms with van der Waals surface area (Å²) < 4.78 is 2.89. The monoisotopic (exact) mass is 384 g/mol. The second kappa shape index (κ2) is 13.4. The van der Waals surface area contributed by atoms with E-state index in [-0.39, 0.29) is 0 Å². The molecule has 0 saturated heterocycles. The van der Waals surface area contributed by atoms with Crippen LogP contribution in [0, 0.1) is 0 Å². The van der Waals surface area contributed by atoms with E-state index in [1.165, 1.54) is 14.0 Å². The lowest BCUT2D eigenvalue weighted by atomic mass is 10.00. The van der Waals surface area contributed by atoms with Crippen LogP contribution in [0.25, 0.3) is 0 Å². The molecule has 23 heavy (non-hydrogen) atoms. The predicted octanol–water partition coefficient (Wildman–Crippen LogP) is 7.47. The Morgan fingerprint density at radius 3 is 1.48 bits per heavy atom. The number of benzene rings is 1. The zero-order valence-electron chi connectivity index (χ0n) is 14.6. The Morgan fingerprint density at radius 1 is 0.739 bits per heavy atom. The SMILES string of the molecule is CCSC(=CC(C=C(SCC)SCC)c1ccccc1)SCC. The normalized spacial score (nSPS) is 10.7. The molecule has 0 atom stereocenters. The van der Waals surface area contributed by atoms with Crippen LogP contribution >= 0.6 is 47.0 Å². The number of hydrogen-bond acceptors (Lipinski definition) is 4. The third-order valence-corrected chi connectivity index (χ3v) is 7.21. The summed E-state index contributed by atoms with van der Waals surface area (Å²) in [5.41, 5.74) is 1.38. The van der Waals surface area contributed by atoms with E-state index < -0.39 is 0 Å². The molecule has 0 aliphatic heterocycles. The van der Waals surface area contributed by atoms with Gasteiger partial charge in [-0.2, -0.15) is 0 Å². The van der Waals surface area contributed by atoms with E-state index in [1.54, 1.807) is 0 Å². The van der Waals surface area contributed by atoms with Gasteiger partial charge in [0.2, 0.25) is 0 Å². The van der Waals surface area contributed by atoms with Crippen molar-refractivity contribution < 1.29 is 0 Å². The summed E-state index contributed by atoms with van der Waals surface area (Å²) in [5.74, 6) is 4.88. The zero-order valence-corrected chi connectivity index (χ0v) is 17.8. The van der Waals surface area contributed by atoms with Gasteiger partial charge in [0.25, 0.3) is 0 Å². The van der Waals surface area contributed by atoms with Gasteiger partial charge < -0.3 is 0 Å². The minimum absolute atomic E-state index is 0.359. The van der Waals surface area contributed by atoms with Crippen LogP contribution in [0.5, 0.6) is 0 Å². The summed E-state index contributed by atoms with van der Waals surface area (Å²) in [7, 11) is 0. The molecule has 4 heteroatoms. The summed E-state index contributed by atoms with van der Waals surface area (Å²) in [6, 6.07) is 10.9. The van der Waals surface area contributed by atoms with Crippen LogP contribution in [-0.2, 0) is 0 Å². The third kappa shape index (κ3) is 8.67. The van der Waals surface area contributed by atoms with Crippen molar-refractivity contribution >= 4 is 47.0 Å². The van der Waals surface area contributed by atoms with Gasteiger partial charge in [0, 0.05) is 14.4 Å². The summed E-state index contributed by atoms with van der Waals surface area (Å²) in [4.78, 5) is 0. The fourth-order valence-corrected chi connectivity index (χ4v) is 6.24. The van der Waals surface area contributed by atoms with Crippen molar-refractivity contribution in [2.24, 2.45) is 0 Å². The van der Waals surface area contributed by atoms with Crippen LogP contribution in [0.3, 0.4) is 0 Å². The first-order chi connectivity index (χ1) is 11.2. The largest absolute Gasteiger partial charge is 0.120 e. The van der Waals surface area contributed by atoms with Gasteiger partial charge in [-0.1, -0.05) is 70.2 Å². The Bertz CT molecular complexity index is 437. The average Bonchev–Trinajstić information content (AvgIpc) is 2.56. The Hall–Kier alpha value is 0.1000. The Morgan fingerprint density at radius 2 is 1.13 bits per heavy atom. The molecule has 0 unspecified atom stereocenters. The quantitative estimate of drug-likeness (QED) is 0.388. The van der Waals surface area contributed by atoms with Crippen molar-refractivity contribution in [2.75, 3.05) is 23.0 Å². The van der Waals surface area contributed by atoms with E-state index in [2.05, 4.69) is 70.2 Å².